The molecule has 20 heavy (non-hydrogen) atoms. The third-order valence-electron chi connectivity index (χ3n) is 3.28. The highest BCUT2D eigenvalue weighted by molar-refractivity contribution is 5.71. The normalized spacial score (nSPS) is 30.0. The van der Waals surface area contributed by atoms with Gasteiger partial charge in [-0.15, -0.1) is 0 Å². The molecule has 0 spiro atoms. The molecule has 3 heterocycles. The molecular weight excluding hydrogens is 268 g/mol. The monoisotopic (exact) mass is 282 g/mol. The minimum Gasteiger partial charge on any atom is -0.468 e. The Hall–Kier alpha value is -1.81. The second-order valence-electron chi connectivity index (χ2n) is 4.43. The Bertz CT molecular complexity index is 618. The molecule has 0 bridgehead atoms. The Morgan fingerprint density at radius 1 is 1.40 bits per heavy atom. The van der Waals surface area contributed by atoms with Crippen LogP contribution in [0.25, 0.3) is 11.2 Å². The molecule has 1 fully saturated rings. The van der Waals surface area contributed by atoms with Crippen molar-refractivity contribution in [2.75, 3.05) is 13.7 Å². The van der Waals surface area contributed by atoms with Crippen LogP contribution in [-0.2, 0) is 4.74 Å². The van der Waals surface area contributed by atoms with Gasteiger partial charge in [0.15, 0.2) is 11.9 Å². The van der Waals surface area contributed by atoms with E-state index in [9.17, 15) is 10.2 Å². The van der Waals surface area contributed by atoms with Crippen molar-refractivity contribution < 1.29 is 24.8 Å². The van der Waals surface area contributed by atoms with E-state index in [1.165, 1.54) is 24.2 Å². The summed E-state index contributed by atoms with van der Waals surface area (Å²) in [7, 11) is 1.42. The second kappa shape index (κ2) is 4.94. The molecule has 0 amide bonds. The summed E-state index contributed by atoms with van der Waals surface area (Å²) in [4.78, 5) is 12.1. The molecule has 4 atom stereocenters. The van der Waals surface area contributed by atoms with Gasteiger partial charge in [0.2, 0.25) is 0 Å². The predicted molar refractivity (Wildman–Crippen MR) is 64.9 cm³/mol. The Balaban J connectivity index is 2.10. The van der Waals surface area contributed by atoms with E-state index in [1.807, 2.05) is 0 Å². The van der Waals surface area contributed by atoms with Crippen molar-refractivity contribution in [3.8, 4) is 6.01 Å². The number of ether oxygens (including phenoxy) is 2. The standard InChI is InChI=1S/C11H14N4O5/c1-19-11-14-5-2-12-4-13-9(5)15(11)10-8(18)7(17)6(3-16)20-10/h2,4,6-8,10,16-18H,3H2,1H3/t6-,7-,8-,10-/m1/s1. The van der Waals surface area contributed by atoms with Crippen LogP contribution in [0.4, 0.5) is 0 Å². The molecule has 2 aromatic rings. The van der Waals surface area contributed by atoms with E-state index in [1.54, 1.807) is 0 Å². The van der Waals surface area contributed by atoms with Crippen LogP contribution >= 0.6 is 0 Å². The van der Waals surface area contributed by atoms with Gasteiger partial charge in [0.25, 0.3) is 0 Å². The first kappa shape index (κ1) is 13.2. The summed E-state index contributed by atoms with van der Waals surface area (Å²) in [6, 6.07) is 0.176. The van der Waals surface area contributed by atoms with E-state index < -0.39 is 31.1 Å². The van der Waals surface area contributed by atoms with Crippen LogP contribution in [0.2, 0.25) is 0 Å². The number of methoxy groups -OCH3 is 1. The largest absolute Gasteiger partial charge is 0.468 e. The molecule has 3 N–H and O–H groups in total. The molecule has 1 aliphatic rings. The average molecular weight is 282 g/mol. The van der Waals surface area contributed by atoms with Gasteiger partial charge in [0, 0.05) is 0 Å². The minimum atomic E-state index is -1.23. The summed E-state index contributed by atoms with van der Waals surface area (Å²) in [5, 5.41) is 29.0. The van der Waals surface area contributed by atoms with Gasteiger partial charge in [-0.2, -0.15) is 4.98 Å². The second-order valence-corrected chi connectivity index (χ2v) is 4.43. The first-order chi connectivity index (χ1) is 9.67. The van der Waals surface area contributed by atoms with Crippen LogP contribution in [0.3, 0.4) is 0 Å². The molecule has 9 nitrogen and oxygen atoms in total. The molecule has 0 radical (unpaired) electrons. The number of fused-ring (bicyclic) bond motifs is 1. The number of rotatable bonds is 3. The highest BCUT2D eigenvalue weighted by Crippen LogP contribution is 2.34. The SMILES string of the molecule is COc1nc2cncnc2n1[C@@H]1O[C@H](CO)[C@@H](O)[C@H]1O. The molecule has 3 rings (SSSR count). The van der Waals surface area contributed by atoms with Gasteiger partial charge in [0.05, 0.1) is 19.9 Å². The molecule has 0 unspecified atom stereocenters. The van der Waals surface area contributed by atoms with Crippen molar-refractivity contribution in [1.82, 2.24) is 19.5 Å². The molecule has 0 aliphatic carbocycles. The predicted octanol–water partition coefficient (Wildman–Crippen LogP) is -1.55. The van der Waals surface area contributed by atoms with Crippen molar-refractivity contribution in [2.24, 2.45) is 0 Å². The van der Waals surface area contributed by atoms with Crippen LogP contribution in [0, 0.1) is 0 Å². The van der Waals surface area contributed by atoms with Gasteiger partial charge in [-0.05, 0) is 0 Å². The third kappa shape index (κ3) is 1.83. The number of hydrogen-bond donors (Lipinski definition) is 3. The summed E-state index contributed by atoms with van der Waals surface area (Å²) < 4.78 is 12.0. The minimum absolute atomic E-state index is 0.176. The Morgan fingerprint density at radius 3 is 2.85 bits per heavy atom. The maximum absolute atomic E-state index is 10.1. The van der Waals surface area contributed by atoms with Gasteiger partial charge in [0.1, 0.15) is 30.2 Å². The first-order valence-corrected chi connectivity index (χ1v) is 6.01. The van der Waals surface area contributed by atoms with Crippen LogP contribution in [0.5, 0.6) is 6.01 Å². The lowest BCUT2D eigenvalue weighted by atomic mass is 10.1. The Morgan fingerprint density at radius 2 is 2.20 bits per heavy atom. The van der Waals surface area contributed by atoms with Crippen molar-refractivity contribution in [3.63, 3.8) is 0 Å². The lowest BCUT2D eigenvalue weighted by molar-refractivity contribution is -0.0537. The molecular formula is C11H14N4O5. The highest BCUT2D eigenvalue weighted by atomic mass is 16.6. The summed E-state index contributed by atoms with van der Waals surface area (Å²) in [6.45, 7) is -0.404. The highest BCUT2D eigenvalue weighted by Gasteiger charge is 2.45. The van der Waals surface area contributed by atoms with Crippen LogP contribution < -0.4 is 4.74 Å². The van der Waals surface area contributed by atoms with Gasteiger partial charge in [-0.3, -0.25) is 0 Å². The van der Waals surface area contributed by atoms with Gasteiger partial charge in [-0.1, -0.05) is 0 Å². The van der Waals surface area contributed by atoms with E-state index in [2.05, 4.69) is 15.0 Å². The van der Waals surface area contributed by atoms with E-state index >= 15 is 0 Å². The van der Waals surface area contributed by atoms with Crippen molar-refractivity contribution >= 4 is 11.2 Å². The number of imidazole rings is 1. The summed E-state index contributed by atoms with van der Waals surface area (Å²) in [5.41, 5.74) is 0.883. The maximum Gasteiger partial charge on any atom is 0.300 e. The quantitative estimate of drug-likeness (QED) is 0.618. The molecule has 1 saturated heterocycles. The fourth-order valence-electron chi connectivity index (χ4n) is 2.29. The Kier molecular flexibility index (Phi) is 3.26. The van der Waals surface area contributed by atoms with E-state index in [0.717, 1.165) is 0 Å². The maximum atomic E-state index is 10.1. The van der Waals surface area contributed by atoms with E-state index in [0.29, 0.717) is 11.2 Å². The average Bonchev–Trinajstić information content (AvgIpc) is 2.98. The number of hydrogen-bond acceptors (Lipinski definition) is 8. The lowest BCUT2D eigenvalue weighted by Gasteiger charge is -2.18. The number of aliphatic hydroxyl groups is 3. The number of nitrogens with zero attached hydrogens (tertiary/aromatic N) is 4. The van der Waals surface area contributed by atoms with Gasteiger partial charge < -0.3 is 24.8 Å². The molecule has 1 aliphatic heterocycles. The first-order valence-electron chi connectivity index (χ1n) is 6.01. The van der Waals surface area contributed by atoms with Crippen molar-refractivity contribution in [1.29, 1.82) is 0 Å². The molecule has 108 valence electrons. The van der Waals surface area contributed by atoms with Crippen LogP contribution in [0.15, 0.2) is 12.5 Å². The van der Waals surface area contributed by atoms with Crippen LogP contribution in [0.1, 0.15) is 6.23 Å². The van der Waals surface area contributed by atoms with E-state index in [4.69, 9.17) is 14.6 Å². The molecule has 0 aromatic carbocycles. The fourth-order valence-corrected chi connectivity index (χ4v) is 2.29. The smallest absolute Gasteiger partial charge is 0.300 e. The third-order valence-corrected chi connectivity index (χ3v) is 3.28. The molecule has 0 saturated carbocycles. The van der Waals surface area contributed by atoms with E-state index in [-0.39, 0.29) is 6.01 Å². The zero-order chi connectivity index (χ0) is 14.3. The van der Waals surface area contributed by atoms with Gasteiger partial charge >= 0.3 is 6.01 Å². The topological polar surface area (TPSA) is 123 Å². The van der Waals surface area contributed by atoms with Crippen molar-refractivity contribution in [2.45, 2.75) is 24.5 Å². The van der Waals surface area contributed by atoms with Crippen LogP contribution in [-0.4, -0.2) is 66.9 Å². The molecule has 9 heteroatoms. The summed E-state index contributed by atoms with van der Waals surface area (Å²) in [5.74, 6) is 0. The number of aliphatic hydroxyl groups excluding tert-OH is 3. The van der Waals surface area contributed by atoms with Gasteiger partial charge in [-0.25, -0.2) is 14.5 Å². The molecule has 2 aromatic heterocycles. The van der Waals surface area contributed by atoms with Crippen molar-refractivity contribution in [3.05, 3.63) is 12.5 Å². The number of aromatic nitrogens is 4. The summed E-state index contributed by atoms with van der Waals surface area (Å²) >= 11 is 0. The zero-order valence-electron chi connectivity index (χ0n) is 10.6. The Labute approximate surface area is 113 Å². The lowest BCUT2D eigenvalue weighted by Crippen LogP contribution is -2.33. The summed E-state index contributed by atoms with van der Waals surface area (Å²) in [6.07, 6.45) is -1.41. The fraction of sp³-hybridized carbons (Fsp3) is 0.545. The zero-order valence-corrected chi connectivity index (χ0v) is 10.6.